The summed E-state index contributed by atoms with van der Waals surface area (Å²) in [5.41, 5.74) is 8.49. The van der Waals surface area contributed by atoms with Gasteiger partial charge in [-0.05, 0) is 31.0 Å². The van der Waals surface area contributed by atoms with Crippen LogP contribution in [0, 0.1) is 6.92 Å². The molecular weight excluding hydrogens is 258 g/mol. The summed E-state index contributed by atoms with van der Waals surface area (Å²) in [5, 5.41) is 2.88. The molecule has 0 saturated carbocycles. The summed E-state index contributed by atoms with van der Waals surface area (Å²) in [7, 11) is 0. The lowest BCUT2D eigenvalue weighted by molar-refractivity contribution is 0.0954. The van der Waals surface area contributed by atoms with Gasteiger partial charge in [0, 0.05) is 16.8 Å². The Morgan fingerprint density at radius 2 is 2.32 bits per heavy atom. The number of nitrogens with two attached hydrogens (primary N) is 1. The number of anilines is 1. The molecule has 0 radical (unpaired) electrons. The summed E-state index contributed by atoms with van der Waals surface area (Å²) in [6.45, 7) is 4.43. The van der Waals surface area contributed by atoms with Gasteiger partial charge in [-0.25, -0.2) is 0 Å². The highest BCUT2D eigenvalue weighted by atomic mass is 32.1. The molecule has 3 N–H and O–H groups in total. The van der Waals surface area contributed by atoms with E-state index in [1.54, 1.807) is 12.3 Å². The van der Waals surface area contributed by atoms with Crippen molar-refractivity contribution >= 4 is 22.9 Å². The van der Waals surface area contributed by atoms with Gasteiger partial charge in [0.05, 0.1) is 17.1 Å². The topological polar surface area (TPSA) is 68.0 Å². The molecule has 0 bridgehead atoms. The molecule has 0 aliphatic heterocycles. The molecule has 2 aromatic heterocycles. The van der Waals surface area contributed by atoms with Crippen LogP contribution < -0.4 is 11.1 Å². The van der Waals surface area contributed by atoms with E-state index >= 15 is 0 Å². The molecule has 0 saturated heterocycles. The van der Waals surface area contributed by atoms with Crippen LogP contribution in [0.4, 0.5) is 5.69 Å². The van der Waals surface area contributed by atoms with Crippen LogP contribution >= 0.6 is 11.3 Å². The Morgan fingerprint density at radius 3 is 2.95 bits per heavy atom. The van der Waals surface area contributed by atoms with E-state index in [4.69, 9.17) is 5.73 Å². The second kappa shape index (κ2) is 5.84. The summed E-state index contributed by atoms with van der Waals surface area (Å²) in [4.78, 5) is 17.9. The highest BCUT2D eigenvalue weighted by molar-refractivity contribution is 7.14. The number of carbonyl (C=O) groups excluding carboxylic acids is 1. The molecule has 0 aliphatic carbocycles. The van der Waals surface area contributed by atoms with Crippen LogP contribution in [0.5, 0.6) is 0 Å². The van der Waals surface area contributed by atoms with Gasteiger partial charge in [-0.15, -0.1) is 11.3 Å². The number of nitrogens with one attached hydrogen (secondary N) is 1. The van der Waals surface area contributed by atoms with E-state index in [0.29, 0.717) is 17.1 Å². The molecule has 4 nitrogen and oxygen atoms in total. The third kappa shape index (κ3) is 3.12. The molecule has 19 heavy (non-hydrogen) atoms. The first-order chi connectivity index (χ1) is 9.11. The average Bonchev–Trinajstić information content (AvgIpc) is 2.76. The number of aromatic nitrogens is 1. The van der Waals surface area contributed by atoms with Gasteiger partial charge in [0.15, 0.2) is 0 Å². The second-order valence-electron chi connectivity index (χ2n) is 4.27. The summed E-state index contributed by atoms with van der Waals surface area (Å²) >= 11 is 1.41. The predicted molar refractivity (Wildman–Crippen MR) is 78.3 cm³/mol. The van der Waals surface area contributed by atoms with Crippen molar-refractivity contribution in [2.24, 2.45) is 0 Å². The molecule has 2 heterocycles. The molecule has 5 heteroatoms. The van der Waals surface area contributed by atoms with Crippen LogP contribution in [-0.4, -0.2) is 10.9 Å². The molecule has 1 amide bonds. The van der Waals surface area contributed by atoms with Crippen molar-refractivity contribution in [1.82, 2.24) is 10.3 Å². The van der Waals surface area contributed by atoms with Gasteiger partial charge in [0.2, 0.25) is 0 Å². The van der Waals surface area contributed by atoms with Gasteiger partial charge in [0.25, 0.3) is 5.91 Å². The van der Waals surface area contributed by atoms with Crippen molar-refractivity contribution in [3.63, 3.8) is 0 Å². The first-order valence-corrected chi connectivity index (χ1v) is 7.00. The SMILES string of the molecule is CCc1cccnc1CNC(=O)c1cc(N)c(C)s1. The fourth-order valence-corrected chi connectivity index (χ4v) is 2.67. The molecule has 0 unspecified atom stereocenters. The molecule has 100 valence electrons. The number of carbonyl (C=O) groups is 1. The number of rotatable bonds is 4. The van der Waals surface area contributed by atoms with Crippen molar-refractivity contribution in [1.29, 1.82) is 0 Å². The van der Waals surface area contributed by atoms with E-state index in [9.17, 15) is 4.79 Å². The maximum atomic E-state index is 12.0. The first-order valence-electron chi connectivity index (χ1n) is 6.18. The van der Waals surface area contributed by atoms with E-state index < -0.39 is 0 Å². The van der Waals surface area contributed by atoms with Crippen molar-refractivity contribution in [3.05, 3.63) is 45.4 Å². The van der Waals surface area contributed by atoms with Crippen LogP contribution in [0.3, 0.4) is 0 Å². The third-order valence-electron chi connectivity index (χ3n) is 2.96. The highest BCUT2D eigenvalue weighted by Gasteiger charge is 2.11. The van der Waals surface area contributed by atoms with E-state index in [-0.39, 0.29) is 5.91 Å². The summed E-state index contributed by atoms with van der Waals surface area (Å²) in [6.07, 6.45) is 2.65. The molecule has 0 aliphatic rings. The van der Waals surface area contributed by atoms with Gasteiger partial charge in [0.1, 0.15) is 0 Å². The fraction of sp³-hybridized carbons (Fsp3) is 0.286. The smallest absolute Gasteiger partial charge is 0.261 e. The molecule has 0 atom stereocenters. The minimum Gasteiger partial charge on any atom is -0.398 e. The van der Waals surface area contributed by atoms with Crippen molar-refractivity contribution in [2.45, 2.75) is 26.8 Å². The molecular formula is C14H17N3OS. The summed E-state index contributed by atoms with van der Waals surface area (Å²) in [6, 6.07) is 5.66. The van der Waals surface area contributed by atoms with E-state index in [1.807, 2.05) is 19.1 Å². The lowest BCUT2D eigenvalue weighted by Gasteiger charge is -2.07. The Hall–Kier alpha value is -1.88. The minimum absolute atomic E-state index is 0.0995. The maximum absolute atomic E-state index is 12.0. The number of pyridine rings is 1. The molecule has 0 spiro atoms. The number of thiophene rings is 1. The van der Waals surface area contributed by atoms with Crippen LogP contribution in [0.2, 0.25) is 0 Å². The zero-order valence-electron chi connectivity index (χ0n) is 11.1. The third-order valence-corrected chi connectivity index (χ3v) is 4.03. The number of amides is 1. The van der Waals surface area contributed by atoms with Crippen LogP contribution in [-0.2, 0) is 13.0 Å². The quantitative estimate of drug-likeness (QED) is 0.901. The Kier molecular flexibility index (Phi) is 4.16. The standard InChI is InChI=1S/C14H17N3OS/c1-3-10-5-4-6-16-12(10)8-17-14(18)13-7-11(15)9(2)19-13/h4-7H,3,8,15H2,1-2H3,(H,17,18). The number of nitrogens with zero attached hydrogens (tertiary/aromatic N) is 1. The van der Waals surface area contributed by atoms with Crippen LogP contribution in [0.15, 0.2) is 24.4 Å². The normalized spacial score (nSPS) is 10.4. The van der Waals surface area contributed by atoms with Gasteiger partial charge >= 0.3 is 0 Å². The summed E-state index contributed by atoms with van der Waals surface area (Å²) < 4.78 is 0. The first kappa shape index (κ1) is 13.5. The van der Waals surface area contributed by atoms with E-state index in [1.165, 1.54) is 11.3 Å². The van der Waals surface area contributed by atoms with Gasteiger partial charge in [-0.2, -0.15) is 0 Å². The number of nitrogen functional groups attached to an aromatic ring is 1. The Balaban J connectivity index is 2.04. The molecule has 2 aromatic rings. The van der Waals surface area contributed by atoms with Gasteiger partial charge in [-0.3, -0.25) is 9.78 Å². The number of hydrogen-bond acceptors (Lipinski definition) is 4. The van der Waals surface area contributed by atoms with Gasteiger partial charge in [-0.1, -0.05) is 13.0 Å². The fourth-order valence-electron chi connectivity index (χ4n) is 1.81. The molecule has 0 fully saturated rings. The van der Waals surface area contributed by atoms with Gasteiger partial charge < -0.3 is 11.1 Å². The van der Waals surface area contributed by atoms with E-state index in [2.05, 4.69) is 17.2 Å². The molecule has 2 rings (SSSR count). The Morgan fingerprint density at radius 1 is 1.53 bits per heavy atom. The van der Waals surface area contributed by atoms with E-state index in [0.717, 1.165) is 22.6 Å². The molecule has 0 aromatic carbocycles. The monoisotopic (exact) mass is 275 g/mol. The summed E-state index contributed by atoms with van der Waals surface area (Å²) in [5.74, 6) is -0.0995. The van der Waals surface area contributed by atoms with Crippen molar-refractivity contribution in [3.8, 4) is 0 Å². The van der Waals surface area contributed by atoms with Crippen LogP contribution in [0.1, 0.15) is 32.7 Å². The Bertz CT molecular complexity index is 573. The zero-order valence-corrected chi connectivity index (χ0v) is 11.9. The minimum atomic E-state index is -0.0995. The average molecular weight is 275 g/mol. The van der Waals surface area contributed by atoms with Crippen LogP contribution in [0.25, 0.3) is 0 Å². The number of hydrogen-bond donors (Lipinski definition) is 2. The van der Waals surface area contributed by atoms with Crippen molar-refractivity contribution in [2.75, 3.05) is 5.73 Å². The van der Waals surface area contributed by atoms with Crippen molar-refractivity contribution < 1.29 is 4.79 Å². The highest BCUT2D eigenvalue weighted by Crippen LogP contribution is 2.23. The number of aryl methyl sites for hydroxylation is 2. The largest absolute Gasteiger partial charge is 0.398 e. The maximum Gasteiger partial charge on any atom is 0.261 e. The predicted octanol–water partition coefficient (Wildman–Crippen LogP) is 2.53. The lowest BCUT2D eigenvalue weighted by atomic mass is 10.1. The zero-order chi connectivity index (χ0) is 13.8. The second-order valence-corrected chi connectivity index (χ2v) is 5.52. The Labute approximate surface area is 116 Å². The lowest BCUT2D eigenvalue weighted by Crippen LogP contribution is -2.23.